The Labute approximate surface area is 139 Å². The van der Waals surface area contributed by atoms with Gasteiger partial charge in [0.2, 0.25) is 0 Å². The van der Waals surface area contributed by atoms with Gasteiger partial charge in [-0.15, -0.1) is 0 Å². The smallest absolute Gasteiger partial charge is 0.143 e. The van der Waals surface area contributed by atoms with Gasteiger partial charge in [0.15, 0.2) is 0 Å². The molecule has 0 fully saturated rings. The van der Waals surface area contributed by atoms with Crippen molar-refractivity contribution >= 4 is 0 Å². The van der Waals surface area contributed by atoms with Crippen LogP contribution in [0.2, 0.25) is 0 Å². The first kappa shape index (κ1) is 17.7. The van der Waals surface area contributed by atoms with Crippen LogP contribution in [0.5, 0.6) is 0 Å². The molecule has 1 atom stereocenters. The second-order valence-electron chi connectivity index (χ2n) is 6.53. The van der Waals surface area contributed by atoms with Crippen molar-refractivity contribution in [1.82, 2.24) is 0 Å². The lowest BCUT2D eigenvalue weighted by molar-refractivity contribution is -0.127. The van der Waals surface area contributed by atoms with Crippen molar-refractivity contribution in [2.75, 3.05) is 0 Å². The summed E-state index contributed by atoms with van der Waals surface area (Å²) >= 11 is 0. The normalized spacial score (nSPS) is 14.4. The molecule has 2 aromatic carbocycles. The molecular weight excluding hydrogens is 284 g/mol. The minimum absolute atomic E-state index is 0.563. The summed E-state index contributed by atoms with van der Waals surface area (Å²) < 4.78 is 0. The molecule has 2 aromatic rings. The van der Waals surface area contributed by atoms with Crippen LogP contribution >= 0.6 is 0 Å². The van der Waals surface area contributed by atoms with Gasteiger partial charge in [0.1, 0.15) is 5.60 Å². The second kappa shape index (κ2) is 7.76. The van der Waals surface area contributed by atoms with Gasteiger partial charge < -0.3 is 10.2 Å². The Bertz CT molecular complexity index is 536. The second-order valence-corrected chi connectivity index (χ2v) is 6.53. The third kappa shape index (κ3) is 3.82. The third-order valence-corrected chi connectivity index (χ3v) is 4.68. The highest BCUT2D eigenvalue weighted by Crippen LogP contribution is 2.42. The Hall–Kier alpha value is -1.64. The average molecular weight is 312 g/mol. The molecule has 2 heteroatoms. The highest BCUT2D eigenvalue weighted by molar-refractivity contribution is 5.39. The molecule has 2 nitrogen and oxygen atoms in total. The lowest BCUT2D eigenvalue weighted by atomic mass is 9.71. The molecule has 23 heavy (non-hydrogen) atoms. The zero-order valence-electron chi connectivity index (χ0n) is 14.2. The van der Waals surface area contributed by atoms with E-state index in [0.717, 1.165) is 36.8 Å². The summed E-state index contributed by atoms with van der Waals surface area (Å²) in [4.78, 5) is 0. The monoisotopic (exact) mass is 312 g/mol. The number of rotatable bonds is 8. The Balaban J connectivity index is 2.38. The highest BCUT2D eigenvalue weighted by Gasteiger charge is 2.47. The number of benzene rings is 2. The summed E-state index contributed by atoms with van der Waals surface area (Å²) in [6.07, 6.45) is 4.86. The van der Waals surface area contributed by atoms with Crippen LogP contribution in [0.4, 0.5) is 0 Å². The van der Waals surface area contributed by atoms with Gasteiger partial charge in [-0.25, -0.2) is 0 Å². The van der Waals surface area contributed by atoms with Gasteiger partial charge in [-0.1, -0.05) is 93.3 Å². The van der Waals surface area contributed by atoms with E-state index in [-0.39, 0.29) is 0 Å². The van der Waals surface area contributed by atoms with E-state index in [9.17, 15) is 10.2 Å². The zero-order valence-corrected chi connectivity index (χ0v) is 14.2. The van der Waals surface area contributed by atoms with Gasteiger partial charge in [0.25, 0.3) is 0 Å². The molecule has 0 aliphatic rings. The van der Waals surface area contributed by atoms with Crippen LogP contribution < -0.4 is 0 Å². The van der Waals surface area contributed by atoms with E-state index in [2.05, 4.69) is 6.92 Å². The van der Waals surface area contributed by atoms with Gasteiger partial charge in [-0.05, 0) is 24.5 Å². The van der Waals surface area contributed by atoms with E-state index < -0.39 is 11.2 Å². The molecule has 0 heterocycles. The van der Waals surface area contributed by atoms with Gasteiger partial charge >= 0.3 is 0 Å². The Morgan fingerprint density at radius 2 is 1.22 bits per heavy atom. The topological polar surface area (TPSA) is 40.5 Å². The van der Waals surface area contributed by atoms with Gasteiger partial charge in [0.05, 0.1) is 5.60 Å². The van der Waals surface area contributed by atoms with E-state index in [1.807, 2.05) is 60.7 Å². The minimum atomic E-state index is -1.41. The van der Waals surface area contributed by atoms with E-state index >= 15 is 0 Å². The first-order valence-electron chi connectivity index (χ1n) is 8.58. The maximum absolute atomic E-state index is 11.6. The zero-order chi connectivity index (χ0) is 16.8. The van der Waals surface area contributed by atoms with Crippen molar-refractivity contribution in [2.24, 2.45) is 0 Å². The SMILES string of the molecule is CCCCCCC(C)(O)C(O)(c1ccccc1)c1ccccc1. The predicted molar refractivity (Wildman–Crippen MR) is 95.3 cm³/mol. The van der Waals surface area contributed by atoms with Crippen molar-refractivity contribution in [3.63, 3.8) is 0 Å². The average Bonchev–Trinajstić information content (AvgIpc) is 2.59. The van der Waals surface area contributed by atoms with Crippen LogP contribution in [0.25, 0.3) is 0 Å². The van der Waals surface area contributed by atoms with E-state index in [0.29, 0.717) is 6.42 Å². The fraction of sp³-hybridized carbons (Fsp3) is 0.429. The lowest BCUT2D eigenvalue weighted by Gasteiger charge is -2.42. The van der Waals surface area contributed by atoms with Crippen LogP contribution in [-0.2, 0) is 5.60 Å². The fourth-order valence-corrected chi connectivity index (χ4v) is 3.22. The standard InChI is InChI=1S/C21H28O2/c1-3-4-5-12-17-20(2,22)21(23,18-13-8-6-9-14-18)19-15-10-7-11-16-19/h6-11,13-16,22-23H,3-5,12,17H2,1-2H3. The van der Waals surface area contributed by atoms with Crippen LogP contribution in [0.1, 0.15) is 57.1 Å². The minimum Gasteiger partial charge on any atom is -0.386 e. The van der Waals surface area contributed by atoms with E-state index in [1.165, 1.54) is 0 Å². The van der Waals surface area contributed by atoms with Crippen LogP contribution in [0.15, 0.2) is 60.7 Å². The molecular formula is C21H28O2. The summed E-state index contributed by atoms with van der Waals surface area (Å²) in [6.45, 7) is 3.92. The summed E-state index contributed by atoms with van der Waals surface area (Å²) in [5.74, 6) is 0. The molecule has 0 aliphatic heterocycles. The number of unbranched alkanes of at least 4 members (excludes halogenated alkanes) is 3. The number of aliphatic hydroxyl groups is 2. The highest BCUT2D eigenvalue weighted by atomic mass is 16.4. The lowest BCUT2D eigenvalue weighted by Crippen LogP contribution is -2.50. The predicted octanol–water partition coefficient (Wildman–Crippen LogP) is 4.64. The van der Waals surface area contributed by atoms with Crippen LogP contribution in [-0.4, -0.2) is 15.8 Å². The Kier molecular flexibility index (Phi) is 5.97. The van der Waals surface area contributed by atoms with Crippen molar-refractivity contribution in [1.29, 1.82) is 0 Å². The first-order chi connectivity index (χ1) is 11.0. The molecule has 2 N–H and O–H groups in total. The molecule has 124 valence electrons. The van der Waals surface area contributed by atoms with Gasteiger partial charge in [-0.3, -0.25) is 0 Å². The molecule has 0 aromatic heterocycles. The molecule has 0 spiro atoms. The summed E-state index contributed by atoms with van der Waals surface area (Å²) in [7, 11) is 0. The van der Waals surface area contributed by atoms with Crippen molar-refractivity contribution in [2.45, 2.75) is 57.2 Å². The summed E-state index contributed by atoms with van der Waals surface area (Å²) in [6, 6.07) is 19.0. The molecule has 0 radical (unpaired) electrons. The maximum Gasteiger partial charge on any atom is 0.143 e. The number of hydrogen-bond donors (Lipinski definition) is 2. The van der Waals surface area contributed by atoms with Crippen molar-refractivity contribution < 1.29 is 10.2 Å². The molecule has 0 aliphatic carbocycles. The van der Waals surface area contributed by atoms with Crippen molar-refractivity contribution in [3.05, 3.63) is 71.8 Å². The molecule has 0 bridgehead atoms. The maximum atomic E-state index is 11.6. The first-order valence-corrected chi connectivity index (χ1v) is 8.58. The number of hydrogen-bond acceptors (Lipinski definition) is 2. The van der Waals surface area contributed by atoms with Crippen LogP contribution in [0, 0.1) is 0 Å². The molecule has 2 rings (SSSR count). The fourth-order valence-electron chi connectivity index (χ4n) is 3.22. The van der Waals surface area contributed by atoms with E-state index in [4.69, 9.17) is 0 Å². The van der Waals surface area contributed by atoms with E-state index in [1.54, 1.807) is 6.92 Å². The molecule has 0 amide bonds. The largest absolute Gasteiger partial charge is 0.386 e. The van der Waals surface area contributed by atoms with Gasteiger partial charge in [-0.2, -0.15) is 0 Å². The Morgan fingerprint density at radius 1 is 0.739 bits per heavy atom. The van der Waals surface area contributed by atoms with Crippen molar-refractivity contribution in [3.8, 4) is 0 Å². The third-order valence-electron chi connectivity index (χ3n) is 4.68. The van der Waals surface area contributed by atoms with Gasteiger partial charge in [0, 0.05) is 0 Å². The molecule has 0 saturated carbocycles. The summed E-state index contributed by atoms with van der Waals surface area (Å²) in [5.41, 5.74) is -1.19. The quantitative estimate of drug-likeness (QED) is 0.697. The van der Waals surface area contributed by atoms with Crippen LogP contribution in [0.3, 0.4) is 0 Å². The molecule has 1 unspecified atom stereocenters. The Morgan fingerprint density at radius 3 is 1.65 bits per heavy atom. The summed E-state index contributed by atoms with van der Waals surface area (Å²) in [5, 5.41) is 22.8. The molecule has 0 saturated heterocycles.